The summed E-state index contributed by atoms with van der Waals surface area (Å²) in [6.45, 7) is 0. The zero-order valence-corrected chi connectivity index (χ0v) is 19.9. The molecule has 5 rings (SSSR count). The van der Waals surface area contributed by atoms with Gasteiger partial charge in [-0.1, -0.05) is 36.4 Å². The van der Waals surface area contributed by atoms with Crippen molar-refractivity contribution in [2.75, 3.05) is 10.6 Å². The van der Waals surface area contributed by atoms with Gasteiger partial charge in [0.05, 0.1) is 0 Å². The summed E-state index contributed by atoms with van der Waals surface area (Å²) in [5.74, 6) is -1.11. The molecule has 0 saturated heterocycles. The molecule has 38 heavy (non-hydrogen) atoms. The lowest BCUT2D eigenvalue weighted by Crippen LogP contribution is -2.14. The number of H-pyrrole nitrogens is 2. The minimum atomic E-state index is -0.553. The molecular weight excluding hydrogens is 476 g/mol. The van der Waals surface area contributed by atoms with Crippen LogP contribution >= 0.6 is 0 Å². The molecule has 0 bridgehead atoms. The van der Waals surface area contributed by atoms with E-state index in [0.29, 0.717) is 11.4 Å². The Kier molecular flexibility index (Phi) is 6.53. The Balaban J connectivity index is 1.27. The number of hydrogen-bond donors (Lipinski definition) is 4. The van der Waals surface area contributed by atoms with Crippen LogP contribution in [0.5, 0.6) is 0 Å². The second-order valence-corrected chi connectivity index (χ2v) is 8.40. The highest BCUT2D eigenvalue weighted by Gasteiger charge is 2.13. The Morgan fingerprint density at radius 2 is 1.03 bits per heavy atom. The van der Waals surface area contributed by atoms with Crippen LogP contribution < -0.4 is 10.6 Å². The van der Waals surface area contributed by atoms with Gasteiger partial charge in [0, 0.05) is 56.7 Å². The average molecular weight is 497 g/mol. The summed E-state index contributed by atoms with van der Waals surface area (Å²) in [6, 6.07) is 25.5. The van der Waals surface area contributed by atoms with Gasteiger partial charge in [-0.05, 0) is 48.6 Å². The summed E-state index contributed by atoms with van der Waals surface area (Å²) < 4.78 is 0. The Labute approximate surface area is 217 Å². The zero-order chi connectivity index (χ0) is 26.5. The molecule has 0 atom stereocenters. The third kappa shape index (κ3) is 4.92. The molecule has 0 spiro atoms. The summed E-state index contributed by atoms with van der Waals surface area (Å²) in [4.78, 5) is 31.7. The quantitative estimate of drug-likeness (QED) is 0.176. The molecule has 0 saturated carbocycles. The van der Waals surface area contributed by atoms with E-state index in [1.165, 1.54) is 12.2 Å². The van der Waals surface area contributed by atoms with Crippen molar-refractivity contribution >= 4 is 57.1 Å². The lowest BCUT2D eigenvalue weighted by molar-refractivity contribution is -0.113. The van der Waals surface area contributed by atoms with Crippen LogP contribution in [0.15, 0.2) is 96.3 Å². The molecule has 0 aliphatic heterocycles. The molecule has 0 unspecified atom stereocenters. The zero-order valence-electron chi connectivity index (χ0n) is 19.9. The first-order chi connectivity index (χ1) is 18.6. The van der Waals surface area contributed by atoms with Gasteiger partial charge in [-0.25, -0.2) is 0 Å². The number of aromatic nitrogens is 2. The summed E-state index contributed by atoms with van der Waals surface area (Å²) in [5, 5.41) is 26.3. The van der Waals surface area contributed by atoms with E-state index in [0.717, 1.165) is 32.9 Å². The van der Waals surface area contributed by atoms with Crippen LogP contribution in [0, 0.1) is 22.7 Å². The van der Waals surface area contributed by atoms with Crippen LogP contribution in [0.1, 0.15) is 11.1 Å². The van der Waals surface area contributed by atoms with E-state index in [-0.39, 0.29) is 11.1 Å². The molecule has 0 fully saturated rings. The fourth-order valence-electron chi connectivity index (χ4n) is 4.07. The van der Waals surface area contributed by atoms with Gasteiger partial charge < -0.3 is 20.6 Å². The van der Waals surface area contributed by atoms with Crippen molar-refractivity contribution in [3.8, 4) is 12.1 Å². The van der Waals surface area contributed by atoms with E-state index in [1.54, 1.807) is 36.7 Å². The molecule has 3 aromatic carbocycles. The van der Waals surface area contributed by atoms with Crippen molar-refractivity contribution in [2.45, 2.75) is 0 Å². The van der Waals surface area contributed by atoms with Gasteiger partial charge in [-0.3, -0.25) is 9.59 Å². The highest BCUT2D eigenvalue weighted by molar-refractivity contribution is 6.12. The van der Waals surface area contributed by atoms with E-state index in [9.17, 15) is 20.1 Å². The monoisotopic (exact) mass is 496 g/mol. The van der Waals surface area contributed by atoms with Crippen LogP contribution in [-0.2, 0) is 9.59 Å². The predicted octanol–water partition coefficient (Wildman–Crippen LogP) is 5.74. The number of carbonyl (C=O) groups is 2. The minimum absolute atomic E-state index is 0.0480. The van der Waals surface area contributed by atoms with Gasteiger partial charge >= 0.3 is 0 Å². The molecule has 8 nitrogen and oxygen atoms in total. The third-order valence-corrected chi connectivity index (χ3v) is 5.97. The normalized spacial score (nSPS) is 11.6. The molecule has 8 heteroatoms. The van der Waals surface area contributed by atoms with Crippen LogP contribution in [0.25, 0.3) is 34.0 Å². The lowest BCUT2D eigenvalue weighted by atomic mass is 10.1. The van der Waals surface area contributed by atoms with Crippen LogP contribution in [0.3, 0.4) is 0 Å². The van der Waals surface area contributed by atoms with Gasteiger partial charge in [0.15, 0.2) is 0 Å². The van der Waals surface area contributed by atoms with Crippen molar-refractivity contribution in [2.24, 2.45) is 0 Å². The number of nitrogens with zero attached hydrogens (tertiary/aromatic N) is 2. The number of rotatable bonds is 6. The molecule has 2 amide bonds. The Hall–Kier alpha value is -5.86. The molecule has 2 heterocycles. The number of amides is 2. The number of nitriles is 2. The van der Waals surface area contributed by atoms with Crippen molar-refractivity contribution in [3.05, 3.63) is 107 Å². The Morgan fingerprint density at radius 3 is 1.42 bits per heavy atom. The van der Waals surface area contributed by atoms with Crippen molar-refractivity contribution < 1.29 is 9.59 Å². The predicted molar refractivity (Wildman–Crippen MR) is 147 cm³/mol. The molecule has 0 aliphatic carbocycles. The van der Waals surface area contributed by atoms with E-state index < -0.39 is 11.8 Å². The van der Waals surface area contributed by atoms with Crippen molar-refractivity contribution in [1.29, 1.82) is 10.5 Å². The summed E-state index contributed by atoms with van der Waals surface area (Å²) >= 11 is 0. The number of para-hydroxylation sites is 2. The lowest BCUT2D eigenvalue weighted by Gasteiger charge is -2.07. The summed E-state index contributed by atoms with van der Waals surface area (Å²) in [6.07, 6.45) is 6.56. The minimum Gasteiger partial charge on any atom is -0.361 e. The Bertz CT molecular complexity index is 1690. The van der Waals surface area contributed by atoms with E-state index >= 15 is 0 Å². The topological polar surface area (TPSA) is 137 Å². The Morgan fingerprint density at radius 1 is 0.632 bits per heavy atom. The number of benzene rings is 3. The molecule has 0 aliphatic rings. The van der Waals surface area contributed by atoms with E-state index in [4.69, 9.17) is 0 Å². The number of carbonyl (C=O) groups excluding carboxylic acids is 2. The first-order valence-corrected chi connectivity index (χ1v) is 11.6. The van der Waals surface area contributed by atoms with Crippen LogP contribution in [-0.4, -0.2) is 21.8 Å². The number of anilines is 2. The maximum absolute atomic E-state index is 12.7. The van der Waals surface area contributed by atoms with Gasteiger partial charge in [-0.2, -0.15) is 10.5 Å². The van der Waals surface area contributed by atoms with Gasteiger partial charge in [0.2, 0.25) is 0 Å². The molecule has 182 valence electrons. The highest BCUT2D eigenvalue weighted by atomic mass is 16.2. The van der Waals surface area contributed by atoms with Crippen molar-refractivity contribution in [3.63, 3.8) is 0 Å². The number of aromatic amines is 2. The third-order valence-electron chi connectivity index (χ3n) is 5.97. The number of nitrogens with one attached hydrogen (secondary N) is 4. The standard InChI is InChI=1S/C30H20N6O2/c31-15-19(13-21-17-33-27-7-3-1-5-25(21)27)29(37)35-23-9-11-24(12-10-23)36-30(38)20(16-32)14-22-18-34-28-8-4-2-6-26(22)28/h1-14,17-18,33-34H,(H,35,37)(H,36,38). The van der Waals surface area contributed by atoms with Crippen molar-refractivity contribution in [1.82, 2.24) is 9.97 Å². The smallest absolute Gasteiger partial charge is 0.266 e. The largest absolute Gasteiger partial charge is 0.361 e. The second kappa shape index (κ2) is 10.4. The molecular formula is C30H20N6O2. The first-order valence-electron chi connectivity index (χ1n) is 11.6. The maximum atomic E-state index is 12.7. The van der Waals surface area contributed by atoms with E-state index in [2.05, 4.69) is 20.6 Å². The second-order valence-electron chi connectivity index (χ2n) is 8.40. The maximum Gasteiger partial charge on any atom is 0.266 e. The average Bonchev–Trinajstić information content (AvgIpc) is 3.55. The van der Waals surface area contributed by atoms with Gasteiger partial charge in [-0.15, -0.1) is 0 Å². The van der Waals surface area contributed by atoms with Gasteiger partial charge in [0.25, 0.3) is 11.8 Å². The van der Waals surface area contributed by atoms with E-state index in [1.807, 2.05) is 60.7 Å². The fourth-order valence-corrected chi connectivity index (χ4v) is 4.07. The van der Waals surface area contributed by atoms with Crippen LogP contribution in [0.2, 0.25) is 0 Å². The number of hydrogen-bond acceptors (Lipinski definition) is 4. The first kappa shape index (κ1) is 23.9. The molecule has 2 aromatic heterocycles. The summed E-state index contributed by atoms with van der Waals surface area (Å²) in [7, 11) is 0. The molecule has 5 aromatic rings. The molecule has 0 radical (unpaired) electrons. The van der Waals surface area contributed by atoms with Crippen LogP contribution in [0.4, 0.5) is 11.4 Å². The highest BCUT2D eigenvalue weighted by Crippen LogP contribution is 2.23. The molecule has 4 N–H and O–H groups in total. The fraction of sp³-hybridized carbons (Fsp3) is 0. The SMILES string of the molecule is N#CC(=Cc1c[nH]c2ccccc12)C(=O)Nc1ccc(NC(=O)C(C#N)=Cc2c[nH]c3ccccc23)cc1. The number of fused-ring (bicyclic) bond motifs is 2. The summed E-state index contributed by atoms with van der Waals surface area (Å²) in [5.41, 5.74) is 4.08. The van der Waals surface area contributed by atoms with Gasteiger partial charge in [0.1, 0.15) is 23.3 Å².